The van der Waals surface area contributed by atoms with Crippen LogP contribution in [-0.4, -0.2) is 17.6 Å². The van der Waals surface area contributed by atoms with Crippen LogP contribution in [0.4, 0.5) is 0 Å². The lowest BCUT2D eigenvalue weighted by atomic mass is 10.0. The summed E-state index contributed by atoms with van der Waals surface area (Å²) in [5, 5.41) is 0. The second-order valence-corrected chi connectivity index (χ2v) is 6.47. The zero-order chi connectivity index (χ0) is 14.7. The van der Waals surface area contributed by atoms with Crippen molar-refractivity contribution in [3.8, 4) is 5.75 Å². The van der Waals surface area contributed by atoms with Gasteiger partial charge in [-0.1, -0.05) is 6.92 Å². The summed E-state index contributed by atoms with van der Waals surface area (Å²) >= 11 is 1.78. The van der Waals surface area contributed by atoms with Crippen molar-refractivity contribution in [1.82, 2.24) is 0 Å². The van der Waals surface area contributed by atoms with Crippen LogP contribution < -0.4 is 4.74 Å². The second-order valence-electron chi connectivity index (χ2n) is 5.13. The van der Waals surface area contributed by atoms with Crippen molar-refractivity contribution >= 4 is 17.5 Å². The van der Waals surface area contributed by atoms with Crippen LogP contribution in [0.25, 0.3) is 0 Å². The van der Waals surface area contributed by atoms with Crippen LogP contribution in [0.15, 0.2) is 53.4 Å². The first-order valence-corrected chi connectivity index (χ1v) is 8.29. The van der Waals surface area contributed by atoms with Crippen molar-refractivity contribution in [3.05, 3.63) is 59.7 Å². The predicted molar refractivity (Wildman–Crippen MR) is 86.4 cm³/mol. The van der Waals surface area contributed by atoms with Gasteiger partial charge in [-0.2, -0.15) is 0 Å². The van der Waals surface area contributed by atoms with Gasteiger partial charge in [0.05, 0.1) is 6.10 Å². The van der Waals surface area contributed by atoms with Gasteiger partial charge in [0.2, 0.25) is 0 Å². The zero-order valence-electron chi connectivity index (χ0n) is 12.0. The highest BCUT2D eigenvalue weighted by Crippen LogP contribution is 2.27. The van der Waals surface area contributed by atoms with Crippen LogP contribution in [0, 0.1) is 0 Å². The molecule has 108 valence electrons. The van der Waals surface area contributed by atoms with Crippen LogP contribution in [0.2, 0.25) is 0 Å². The molecule has 0 amide bonds. The number of carbonyl (C=O) groups is 1. The summed E-state index contributed by atoms with van der Waals surface area (Å²) in [5.74, 6) is 1.94. The van der Waals surface area contributed by atoms with Gasteiger partial charge in [0, 0.05) is 16.0 Å². The number of ketones is 1. The molecule has 0 atom stereocenters. The molecule has 3 heteroatoms. The highest BCUT2D eigenvalue weighted by Gasteiger charge is 2.23. The van der Waals surface area contributed by atoms with Gasteiger partial charge in [-0.25, -0.2) is 0 Å². The Bertz CT molecular complexity index is 613. The van der Waals surface area contributed by atoms with E-state index < -0.39 is 0 Å². The highest BCUT2D eigenvalue weighted by atomic mass is 32.2. The number of carbonyl (C=O) groups excluding carboxylic acids is 1. The molecule has 3 rings (SSSR count). The van der Waals surface area contributed by atoms with Crippen LogP contribution in [0.3, 0.4) is 0 Å². The van der Waals surface area contributed by atoms with Gasteiger partial charge in [-0.3, -0.25) is 4.79 Å². The Labute approximate surface area is 129 Å². The first-order valence-electron chi connectivity index (χ1n) is 7.30. The molecule has 21 heavy (non-hydrogen) atoms. The molecule has 2 aromatic carbocycles. The van der Waals surface area contributed by atoms with E-state index in [0.717, 1.165) is 29.9 Å². The Morgan fingerprint density at radius 2 is 1.62 bits per heavy atom. The van der Waals surface area contributed by atoms with Gasteiger partial charge in [-0.05, 0) is 67.1 Å². The van der Waals surface area contributed by atoms with Crippen LogP contribution in [0.5, 0.6) is 5.75 Å². The third-order valence-electron chi connectivity index (χ3n) is 3.37. The van der Waals surface area contributed by atoms with E-state index in [4.69, 9.17) is 4.74 Å². The Morgan fingerprint density at radius 3 is 2.14 bits per heavy atom. The molecule has 2 aromatic rings. The fourth-order valence-electron chi connectivity index (χ4n) is 2.10. The van der Waals surface area contributed by atoms with E-state index in [2.05, 4.69) is 6.92 Å². The summed E-state index contributed by atoms with van der Waals surface area (Å²) in [5.41, 5.74) is 1.43. The summed E-state index contributed by atoms with van der Waals surface area (Å²) in [6.07, 6.45) is 2.67. The van der Waals surface area contributed by atoms with E-state index >= 15 is 0 Å². The van der Waals surface area contributed by atoms with Gasteiger partial charge < -0.3 is 4.74 Å². The Hall–Kier alpha value is -1.74. The summed E-state index contributed by atoms with van der Waals surface area (Å²) in [7, 11) is 0. The molecule has 1 fully saturated rings. The second kappa shape index (κ2) is 6.35. The van der Waals surface area contributed by atoms with Gasteiger partial charge in [-0.15, -0.1) is 11.8 Å². The lowest BCUT2D eigenvalue weighted by Gasteiger charge is -2.06. The maximum absolute atomic E-state index is 12.4. The van der Waals surface area contributed by atoms with Crippen LogP contribution >= 0.6 is 11.8 Å². The van der Waals surface area contributed by atoms with E-state index in [9.17, 15) is 4.79 Å². The van der Waals surface area contributed by atoms with E-state index in [1.165, 1.54) is 4.90 Å². The van der Waals surface area contributed by atoms with Crippen molar-refractivity contribution in [2.24, 2.45) is 0 Å². The summed E-state index contributed by atoms with van der Waals surface area (Å²) in [6, 6.07) is 15.3. The van der Waals surface area contributed by atoms with Crippen molar-refractivity contribution in [2.45, 2.75) is 30.8 Å². The molecular weight excluding hydrogens is 280 g/mol. The average molecular weight is 298 g/mol. The van der Waals surface area contributed by atoms with Gasteiger partial charge >= 0.3 is 0 Å². The fourth-order valence-corrected chi connectivity index (χ4v) is 2.76. The number of benzene rings is 2. The minimum atomic E-state index is 0.0565. The smallest absolute Gasteiger partial charge is 0.193 e. The number of rotatable bonds is 6. The fraction of sp³-hybridized carbons (Fsp3) is 0.278. The number of hydrogen-bond donors (Lipinski definition) is 0. The quantitative estimate of drug-likeness (QED) is 0.577. The van der Waals surface area contributed by atoms with E-state index in [1.54, 1.807) is 11.8 Å². The lowest BCUT2D eigenvalue weighted by molar-refractivity contribution is 0.103. The van der Waals surface area contributed by atoms with Crippen molar-refractivity contribution in [1.29, 1.82) is 0 Å². The average Bonchev–Trinajstić information content (AvgIpc) is 3.32. The van der Waals surface area contributed by atoms with E-state index in [-0.39, 0.29) is 5.78 Å². The first kappa shape index (κ1) is 14.2. The summed E-state index contributed by atoms with van der Waals surface area (Å²) < 4.78 is 5.69. The molecule has 0 saturated heterocycles. The monoisotopic (exact) mass is 298 g/mol. The third-order valence-corrected chi connectivity index (χ3v) is 4.27. The molecule has 0 N–H and O–H groups in total. The molecule has 0 radical (unpaired) electrons. The molecule has 1 aliphatic carbocycles. The normalized spacial score (nSPS) is 14.0. The van der Waals surface area contributed by atoms with Gasteiger partial charge in [0.25, 0.3) is 0 Å². The van der Waals surface area contributed by atoms with Crippen LogP contribution in [0.1, 0.15) is 35.7 Å². The summed E-state index contributed by atoms with van der Waals surface area (Å²) in [6.45, 7) is 2.12. The number of ether oxygens (including phenoxy) is 1. The number of thioether (sulfide) groups is 1. The molecule has 1 aliphatic rings. The predicted octanol–water partition coefficient (Wildman–Crippen LogP) is 4.57. The van der Waals surface area contributed by atoms with Gasteiger partial charge in [0.15, 0.2) is 5.78 Å². The minimum absolute atomic E-state index is 0.0565. The molecule has 2 nitrogen and oxygen atoms in total. The number of hydrogen-bond acceptors (Lipinski definition) is 3. The minimum Gasteiger partial charge on any atom is -0.490 e. The SMILES string of the molecule is CCSc1ccc(C(=O)c2ccc(OC3CC3)cc2)cc1. The molecule has 0 spiro atoms. The molecule has 0 heterocycles. The molecule has 0 aliphatic heterocycles. The van der Waals surface area contributed by atoms with Crippen LogP contribution in [-0.2, 0) is 0 Å². The molecule has 0 unspecified atom stereocenters. The topological polar surface area (TPSA) is 26.3 Å². The lowest BCUT2D eigenvalue weighted by Crippen LogP contribution is -2.02. The van der Waals surface area contributed by atoms with Crippen molar-refractivity contribution in [2.75, 3.05) is 5.75 Å². The van der Waals surface area contributed by atoms with Gasteiger partial charge in [0.1, 0.15) is 5.75 Å². The maximum Gasteiger partial charge on any atom is 0.193 e. The van der Waals surface area contributed by atoms with Crippen molar-refractivity contribution in [3.63, 3.8) is 0 Å². The Balaban J connectivity index is 1.71. The first-order chi connectivity index (χ1) is 10.3. The Morgan fingerprint density at radius 1 is 1.05 bits per heavy atom. The standard InChI is InChI=1S/C18H18O2S/c1-2-21-17-11-5-14(6-12-17)18(19)13-3-7-15(8-4-13)20-16-9-10-16/h3-8,11-12,16H,2,9-10H2,1H3. The highest BCUT2D eigenvalue weighted by molar-refractivity contribution is 7.99. The van der Waals surface area contributed by atoms with E-state index in [0.29, 0.717) is 11.7 Å². The molecule has 0 aromatic heterocycles. The Kier molecular flexibility index (Phi) is 4.30. The third kappa shape index (κ3) is 3.67. The maximum atomic E-state index is 12.4. The van der Waals surface area contributed by atoms with Crippen molar-refractivity contribution < 1.29 is 9.53 Å². The summed E-state index contributed by atoms with van der Waals surface area (Å²) in [4.78, 5) is 13.6. The molecular formula is C18H18O2S. The molecule has 1 saturated carbocycles. The van der Waals surface area contributed by atoms with E-state index in [1.807, 2.05) is 48.5 Å². The molecule has 0 bridgehead atoms. The zero-order valence-corrected chi connectivity index (χ0v) is 12.9. The largest absolute Gasteiger partial charge is 0.490 e.